The van der Waals surface area contributed by atoms with E-state index in [0.29, 0.717) is 19.6 Å². The van der Waals surface area contributed by atoms with Gasteiger partial charge in [0.15, 0.2) is 0 Å². The first kappa shape index (κ1) is 12.0. The summed E-state index contributed by atoms with van der Waals surface area (Å²) in [6.45, 7) is 4.69. The largest absolute Gasteiger partial charge is 0.345 e. The molecule has 0 atom stereocenters. The van der Waals surface area contributed by atoms with Gasteiger partial charge in [0.2, 0.25) is 11.8 Å². The van der Waals surface area contributed by atoms with E-state index in [-0.39, 0.29) is 18.4 Å². The van der Waals surface area contributed by atoms with Gasteiger partial charge in [-0.3, -0.25) is 9.59 Å². The predicted octanol–water partition coefficient (Wildman–Crippen LogP) is -0.713. The van der Waals surface area contributed by atoms with Crippen LogP contribution in [0.1, 0.15) is 13.3 Å². The van der Waals surface area contributed by atoms with Crippen LogP contribution in [0.25, 0.3) is 0 Å². The van der Waals surface area contributed by atoms with Crippen molar-refractivity contribution in [2.24, 2.45) is 0 Å². The molecule has 0 bridgehead atoms. The molecule has 0 unspecified atom stereocenters. The van der Waals surface area contributed by atoms with Crippen LogP contribution >= 0.6 is 0 Å². The van der Waals surface area contributed by atoms with Crippen LogP contribution in [0.2, 0.25) is 0 Å². The monoisotopic (exact) mass is 213 g/mol. The molecule has 1 saturated heterocycles. The lowest BCUT2D eigenvalue weighted by molar-refractivity contribution is -0.138. The summed E-state index contributed by atoms with van der Waals surface area (Å²) >= 11 is 0. The molecular formula is C10H19N3O2. The van der Waals surface area contributed by atoms with E-state index >= 15 is 0 Å². The number of hydrogen-bond acceptors (Lipinski definition) is 3. The molecule has 1 heterocycles. The Morgan fingerprint density at radius 2 is 2.33 bits per heavy atom. The first-order valence-electron chi connectivity index (χ1n) is 5.37. The van der Waals surface area contributed by atoms with E-state index in [4.69, 9.17) is 0 Å². The van der Waals surface area contributed by atoms with Crippen molar-refractivity contribution >= 4 is 11.8 Å². The molecule has 86 valence electrons. The van der Waals surface area contributed by atoms with E-state index in [2.05, 4.69) is 5.32 Å². The summed E-state index contributed by atoms with van der Waals surface area (Å²) in [5.74, 6) is 0.0260. The van der Waals surface area contributed by atoms with Crippen LogP contribution in [-0.2, 0) is 9.59 Å². The highest BCUT2D eigenvalue weighted by Gasteiger charge is 2.19. The molecular weight excluding hydrogens is 194 g/mol. The second kappa shape index (κ2) is 5.70. The van der Waals surface area contributed by atoms with Crippen molar-refractivity contribution in [2.75, 3.05) is 39.8 Å². The third-order valence-corrected chi connectivity index (χ3v) is 2.64. The standard InChI is InChI=1S/C10H19N3O2/c1-3-12(2)10(15)8-13-6-4-5-11-7-9(13)14/h11H,3-8H2,1-2H3. The molecule has 15 heavy (non-hydrogen) atoms. The van der Waals surface area contributed by atoms with Crippen LogP contribution in [0.5, 0.6) is 0 Å². The van der Waals surface area contributed by atoms with Gasteiger partial charge in [-0.15, -0.1) is 0 Å². The Labute approximate surface area is 90.4 Å². The minimum absolute atomic E-state index is 0.00718. The third kappa shape index (κ3) is 3.51. The molecule has 2 amide bonds. The highest BCUT2D eigenvalue weighted by molar-refractivity contribution is 5.85. The van der Waals surface area contributed by atoms with Crippen molar-refractivity contribution in [1.29, 1.82) is 0 Å². The zero-order valence-corrected chi connectivity index (χ0v) is 9.45. The summed E-state index contributed by atoms with van der Waals surface area (Å²) in [5, 5.41) is 3.03. The fourth-order valence-corrected chi connectivity index (χ4v) is 1.45. The predicted molar refractivity (Wildman–Crippen MR) is 57.4 cm³/mol. The van der Waals surface area contributed by atoms with E-state index < -0.39 is 0 Å². The van der Waals surface area contributed by atoms with E-state index in [9.17, 15) is 9.59 Å². The van der Waals surface area contributed by atoms with Crippen LogP contribution in [-0.4, -0.2) is 61.4 Å². The summed E-state index contributed by atoms with van der Waals surface area (Å²) < 4.78 is 0. The molecule has 5 heteroatoms. The van der Waals surface area contributed by atoms with Crippen LogP contribution in [0.3, 0.4) is 0 Å². The SMILES string of the molecule is CCN(C)C(=O)CN1CCCNCC1=O. The van der Waals surface area contributed by atoms with Gasteiger partial charge < -0.3 is 15.1 Å². The lowest BCUT2D eigenvalue weighted by atomic mass is 10.3. The van der Waals surface area contributed by atoms with Gasteiger partial charge in [-0.2, -0.15) is 0 Å². The topological polar surface area (TPSA) is 52.7 Å². The van der Waals surface area contributed by atoms with E-state index in [1.165, 1.54) is 0 Å². The summed E-state index contributed by atoms with van der Waals surface area (Å²) in [6.07, 6.45) is 0.912. The number of nitrogens with zero attached hydrogens (tertiary/aromatic N) is 2. The van der Waals surface area contributed by atoms with Gasteiger partial charge >= 0.3 is 0 Å². The van der Waals surface area contributed by atoms with Crippen molar-refractivity contribution in [3.05, 3.63) is 0 Å². The number of carbonyl (C=O) groups is 2. The van der Waals surface area contributed by atoms with Crippen molar-refractivity contribution < 1.29 is 9.59 Å². The number of hydrogen-bond donors (Lipinski definition) is 1. The van der Waals surface area contributed by atoms with Gasteiger partial charge in [0, 0.05) is 20.1 Å². The number of amides is 2. The molecule has 1 N–H and O–H groups in total. The molecule has 0 radical (unpaired) electrons. The average Bonchev–Trinajstić information content (AvgIpc) is 2.43. The fraction of sp³-hybridized carbons (Fsp3) is 0.800. The summed E-state index contributed by atoms with van der Waals surface area (Å²) in [4.78, 5) is 26.4. The Morgan fingerprint density at radius 3 is 3.00 bits per heavy atom. The molecule has 0 aromatic heterocycles. The Bertz CT molecular complexity index is 243. The number of rotatable bonds is 3. The maximum Gasteiger partial charge on any atom is 0.241 e. The van der Waals surface area contributed by atoms with Gasteiger partial charge in [-0.25, -0.2) is 0 Å². The first-order valence-corrected chi connectivity index (χ1v) is 5.37. The van der Waals surface area contributed by atoms with Crippen LogP contribution < -0.4 is 5.32 Å². The third-order valence-electron chi connectivity index (χ3n) is 2.64. The Morgan fingerprint density at radius 1 is 1.60 bits per heavy atom. The average molecular weight is 213 g/mol. The van der Waals surface area contributed by atoms with E-state index in [1.807, 2.05) is 6.92 Å². The smallest absolute Gasteiger partial charge is 0.241 e. The van der Waals surface area contributed by atoms with Gasteiger partial charge in [0.05, 0.1) is 13.1 Å². The van der Waals surface area contributed by atoms with Crippen LogP contribution in [0.15, 0.2) is 0 Å². The minimum Gasteiger partial charge on any atom is -0.345 e. The lowest BCUT2D eigenvalue weighted by Gasteiger charge is -2.22. The van der Waals surface area contributed by atoms with E-state index in [1.54, 1.807) is 16.8 Å². The van der Waals surface area contributed by atoms with Gasteiger partial charge in [-0.05, 0) is 19.9 Å². The molecule has 0 aliphatic carbocycles. The maximum absolute atomic E-state index is 11.6. The molecule has 0 saturated carbocycles. The molecule has 5 nitrogen and oxygen atoms in total. The molecule has 1 rings (SSSR count). The summed E-state index contributed by atoms with van der Waals surface area (Å²) in [5.41, 5.74) is 0. The molecule has 1 aliphatic rings. The van der Waals surface area contributed by atoms with Crippen molar-refractivity contribution in [3.63, 3.8) is 0 Å². The zero-order chi connectivity index (χ0) is 11.3. The van der Waals surface area contributed by atoms with Gasteiger partial charge in [0.1, 0.15) is 0 Å². The molecule has 1 aliphatic heterocycles. The van der Waals surface area contributed by atoms with Crippen LogP contribution in [0, 0.1) is 0 Å². The van der Waals surface area contributed by atoms with Crippen molar-refractivity contribution in [3.8, 4) is 0 Å². The highest BCUT2D eigenvalue weighted by Crippen LogP contribution is 1.98. The maximum atomic E-state index is 11.6. The number of likely N-dealkylation sites (N-methyl/N-ethyl adjacent to an activating group) is 1. The second-order valence-electron chi connectivity index (χ2n) is 3.75. The number of nitrogens with one attached hydrogen (secondary N) is 1. The Hall–Kier alpha value is -1.10. The molecule has 0 aromatic carbocycles. The summed E-state index contributed by atoms with van der Waals surface area (Å²) in [7, 11) is 1.75. The van der Waals surface area contributed by atoms with Crippen molar-refractivity contribution in [2.45, 2.75) is 13.3 Å². The Kier molecular flexibility index (Phi) is 4.55. The molecule has 0 aromatic rings. The van der Waals surface area contributed by atoms with Gasteiger partial charge in [-0.1, -0.05) is 0 Å². The molecule has 0 spiro atoms. The quantitative estimate of drug-likeness (QED) is 0.673. The first-order chi connectivity index (χ1) is 7.15. The lowest BCUT2D eigenvalue weighted by Crippen LogP contribution is -2.42. The fourth-order valence-electron chi connectivity index (χ4n) is 1.45. The molecule has 1 fully saturated rings. The van der Waals surface area contributed by atoms with Gasteiger partial charge in [0.25, 0.3) is 0 Å². The minimum atomic E-state index is 0.00718. The van der Waals surface area contributed by atoms with Crippen LogP contribution in [0.4, 0.5) is 0 Å². The summed E-state index contributed by atoms with van der Waals surface area (Å²) in [6, 6.07) is 0. The van der Waals surface area contributed by atoms with Crippen molar-refractivity contribution in [1.82, 2.24) is 15.1 Å². The second-order valence-corrected chi connectivity index (χ2v) is 3.75. The number of carbonyl (C=O) groups excluding carboxylic acids is 2. The zero-order valence-electron chi connectivity index (χ0n) is 9.45. The van der Waals surface area contributed by atoms with E-state index in [0.717, 1.165) is 13.0 Å². The Balaban J connectivity index is 2.47. The normalized spacial score (nSPS) is 17.5. The highest BCUT2D eigenvalue weighted by atomic mass is 16.2.